The van der Waals surface area contributed by atoms with Crippen molar-refractivity contribution < 1.29 is 9.15 Å². The van der Waals surface area contributed by atoms with Crippen molar-refractivity contribution in [2.45, 2.75) is 45.7 Å². The third-order valence-electron chi connectivity index (χ3n) is 3.94. The molecule has 0 aliphatic heterocycles. The van der Waals surface area contributed by atoms with Gasteiger partial charge in [0.2, 0.25) is 0 Å². The minimum atomic E-state index is 0.324. The summed E-state index contributed by atoms with van der Waals surface area (Å²) in [6, 6.07) is 8.57. The van der Waals surface area contributed by atoms with Gasteiger partial charge in [0.15, 0.2) is 5.89 Å². The molecule has 0 saturated heterocycles. The molecule has 0 radical (unpaired) electrons. The minimum Gasteiger partial charge on any atom is -0.496 e. The summed E-state index contributed by atoms with van der Waals surface area (Å²) in [5.41, 5.74) is 2.21. The zero-order chi connectivity index (χ0) is 16.1. The van der Waals surface area contributed by atoms with Crippen LogP contribution in [0.25, 0.3) is 0 Å². The Morgan fingerprint density at radius 1 is 1.23 bits per heavy atom. The minimum absolute atomic E-state index is 0.324. The molecule has 0 unspecified atom stereocenters. The van der Waals surface area contributed by atoms with Gasteiger partial charge in [-0.15, -0.1) is 0 Å². The van der Waals surface area contributed by atoms with E-state index in [1.54, 1.807) is 13.4 Å². The van der Waals surface area contributed by atoms with Crippen molar-refractivity contribution in [2.75, 3.05) is 14.2 Å². The van der Waals surface area contributed by atoms with Crippen LogP contribution in [0, 0.1) is 0 Å². The quantitative estimate of drug-likeness (QED) is 0.778. The van der Waals surface area contributed by atoms with Crippen molar-refractivity contribution >= 4 is 0 Å². The summed E-state index contributed by atoms with van der Waals surface area (Å²) in [4.78, 5) is 6.83. The number of hydrogen-bond donors (Lipinski definition) is 0. The maximum atomic E-state index is 5.50. The first kappa shape index (κ1) is 16.6. The van der Waals surface area contributed by atoms with Gasteiger partial charge in [-0.25, -0.2) is 4.98 Å². The SMILES string of the molecule is COc1ccccc1C[C@@H](C)N(C)Cc1coc(C(C)C)n1. The Labute approximate surface area is 133 Å². The first-order valence-electron chi connectivity index (χ1n) is 7.77. The molecule has 0 aliphatic carbocycles. The lowest BCUT2D eigenvalue weighted by molar-refractivity contribution is 0.243. The second-order valence-electron chi connectivity index (χ2n) is 6.11. The molecule has 1 aromatic carbocycles. The highest BCUT2D eigenvalue weighted by Crippen LogP contribution is 2.21. The second kappa shape index (κ2) is 7.45. The van der Waals surface area contributed by atoms with E-state index >= 15 is 0 Å². The zero-order valence-corrected chi connectivity index (χ0v) is 14.2. The number of para-hydroxylation sites is 1. The van der Waals surface area contributed by atoms with Gasteiger partial charge in [-0.3, -0.25) is 4.90 Å². The number of methoxy groups -OCH3 is 1. The molecule has 120 valence electrons. The van der Waals surface area contributed by atoms with E-state index in [0.29, 0.717) is 12.0 Å². The molecule has 0 aliphatic rings. The fourth-order valence-corrected chi connectivity index (χ4v) is 2.42. The third-order valence-corrected chi connectivity index (χ3v) is 3.94. The fourth-order valence-electron chi connectivity index (χ4n) is 2.42. The van der Waals surface area contributed by atoms with Crippen LogP contribution >= 0.6 is 0 Å². The van der Waals surface area contributed by atoms with Gasteiger partial charge in [0.1, 0.15) is 12.0 Å². The number of likely N-dealkylation sites (N-methyl/N-ethyl adjacent to an activating group) is 1. The summed E-state index contributed by atoms with van der Waals surface area (Å²) < 4.78 is 10.9. The molecule has 4 nitrogen and oxygen atoms in total. The molecule has 0 fully saturated rings. The van der Waals surface area contributed by atoms with E-state index in [0.717, 1.165) is 30.3 Å². The van der Waals surface area contributed by atoms with Crippen molar-refractivity contribution in [1.82, 2.24) is 9.88 Å². The molecule has 0 spiro atoms. The molecular weight excluding hydrogens is 276 g/mol. The maximum absolute atomic E-state index is 5.50. The van der Waals surface area contributed by atoms with E-state index in [1.807, 2.05) is 12.1 Å². The number of rotatable bonds is 7. The largest absolute Gasteiger partial charge is 0.496 e. The highest BCUT2D eigenvalue weighted by Gasteiger charge is 2.15. The van der Waals surface area contributed by atoms with E-state index in [1.165, 1.54) is 5.56 Å². The van der Waals surface area contributed by atoms with Gasteiger partial charge >= 0.3 is 0 Å². The first-order chi connectivity index (χ1) is 10.5. The van der Waals surface area contributed by atoms with Gasteiger partial charge in [-0.1, -0.05) is 32.0 Å². The Hall–Kier alpha value is -1.81. The van der Waals surface area contributed by atoms with Crippen LogP contribution in [-0.4, -0.2) is 30.1 Å². The van der Waals surface area contributed by atoms with Gasteiger partial charge in [-0.05, 0) is 32.0 Å². The van der Waals surface area contributed by atoms with Crippen LogP contribution in [-0.2, 0) is 13.0 Å². The summed E-state index contributed by atoms with van der Waals surface area (Å²) in [7, 11) is 3.83. The number of hydrogen-bond acceptors (Lipinski definition) is 4. The van der Waals surface area contributed by atoms with E-state index in [2.05, 4.69) is 49.8 Å². The van der Waals surface area contributed by atoms with E-state index < -0.39 is 0 Å². The van der Waals surface area contributed by atoms with E-state index in [4.69, 9.17) is 9.15 Å². The Kier molecular flexibility index (Phi) is 5.61. The van der Waals surface area contributed by atoms with Crippen LogP contribution in [0.1, 0.15) is 43.8 Å². The number of benzene rings is 1. The third kappa shape index (κ3) is 4.10. The second-order valence-corrected chi connectivity index (χ2v) is 6.11. The molecule has 4 heteroatoms. The van der Waals surface area contributed by atoms with Gasteiger partial charge in [0.05, 0.1) is 12.8 Å². The van der Waals surface area contributed by atoms with Crippen LogP contribution in [0.5, 0.6) is 5.75 Å². The van der Waals surface area contributed by atoms with Gasteiger partial charge < -0.3 is 9.15 Å². The molecule has 22 heavy (non-hydrogen) atoms. The van der Waals surface area contributed by atoms with Gasteiger partial charge in [0, 0.05) is 18.5 Å². The van der Waals surface area contributed by atoms with Gasteiger partial charge in [0.25, 0.3) is 0 Å². The van der Waals surface area contributed by atoms with E-state index in [-0.39, 0.29) is 0 Å². The molecule has 0 saturated carbocycles. The predicted octanol–water partition coefficient (Wildman–Crippen LogP) is 3.87. The van der Waals surface area contributed by atoms with Crippen molar-refractivity contribution in [3.63, 3.8) is 0 Å². The zero-order valence-electron chi connectivity index (χ0n) is 14.2. The first-order valence-corrected chi connectivity index (χ1v) is 7.77. The molecule has 2 rings (SSSR count). The average molecular weight is 302 g/mol. The lowest BCUT2D eigenvalue weighted by Crippen LogP contribution is -2.30. The van der Waals surface area contributed by atoms with Crippen LogP contribution in [0.15, 0.2) is 34.9 Å². The molecule has 2 aromatic rings. The predicted molar refractivity (Wildman–Crippen MR) is 88.2 cm³/mol. The summed E-state index contributed by atoms with van der Waals surface area (Å²) in [5, 5.41) is 0. The highest BCUT2D eigenvalue weighted by molar-refractivity contribution is 5.33. The number of ether oxygens (including phenoxy) is 1. The molecule has 1 aromatic heterocycles. The van der Waals surface area contributed by atoms with Crippen molar-refractivity contribution in [3.8, 4) is 5.75 Å². The molecular formula is C18H26N2O2. The molecule has 0 bridgehead atoms. The van der Waals surface area contributed by atoms with Gasteiger partial charge in [-0.2, -0.15) is 0 Å². The highest BCUT2D eigenvalue weighted by atomic mass is 16.5. The van der Waals surface area contributed by atoms with Crippen LogP contribution in [0.2, 0.25) is 0 Å². The summed E-state index contributed by atoms with van der Waals surface area (Å²) >= 11 is 0. The lowest BCUT2D eigenvalue weighted by atomic mass is 10.1. The van der Waals surface area contributed by atoms with Crippen LogP contribution in [0.3, 0.4) is 0 Å². The van der Waals surface area contributed by atoms with E-state index in [9.17, 15) is 0 Å². The number of nitrogens with zero attached hydrogens (tertiary/aromatic N) is 2. The van der Waals surface area contributed by atoms with Crippen molar-refractivity contribution in [1.29, 1.82) is 0 Å². The van der Waals surface area contributed by atoms with Crippen LogP contribution in [0.4, 0.5) is 0 Å². The molecule has 0 N–H and O–H groups in total. The summed E-state index contributed by atoms with van der Waals surface area (Å²) in [5.74, 6) is 2.08. The normalized spacial score (nSPS) is 12.9. The summed E-state index contributed by atoms with van der Waals surface area (Å²) in [6.07, 6.45) is 2.71. The molecule has 1 atom stereocenters. The lowest BCUT2D eigenvalue weighted by Gasteiger charge is -2.24. The topological polar surface area (TPSA) is 38.5 Å². The number of aromatic nitrogens is 1. The Morgan fingerprint density at radius 2 is 1.95 bits per heavy atom. The molecule has 1 heterocycles. The monoisotopic (exact) mass is 302 g/mol. The van der Waals surface area contributed by atoms with Crippen LogP contribution < -0.4 is 4.74 Å². The Balaban J connectivity index is 1.98. The fraction of sp³-hybridized carbons (Fsp3) is 0.500. The van der Waals surface area contributed by atoms with Crippen molar-refractivity contribution in [3.05, 3.63) is 47.7 Å². The average Bonchev–Trinajstić information content (AvgIpc) is 2.96. The standard InChI is InChI=1S/C18H26N2O2/c1-13(2)18-19-16(12-22-18)11-20(4)14(3)10-15-8-6-7-9-17(15)21-5/h6-9,12-14H,10-11H2,1-5H3/t14-/m1/s1. The summed E-state index contributed by atoms with van der Waals surface area (Å²) in [6.45, 7) is 7.18. The molecule has 0 amide bonds. The van der Waals surface area contributed by atoms with Crippen molar-refractivity contribution in [2.24, 2.45) is 0 Å². The smallest absolute Gasteiger partial charge is 0.196 e. The Bertz CT molecular complexity index is 592. The maximum Gasteiger partial charge on any atom is 0.196 e. The number of oxazole rings is 1. The Morgan fingerprint density at radius 3 is 2.59 bits per heavy atom.